The van der Waals surface area contributed by atoms with Crippen molar-refractivity contribution in [3.05, 3.63) is 10.4 Å². The number of rotatable bonds is 4. The number of hydrogen-bond donors (Lipinski definition) is 0. The molecule has 7 heteroatoms. The monoisotopic (exact) mass is 154 g/mol. The van der Waals surface area contributed by atoms with Gasteiger partial charge in [0.25, 0.3) is 0 Å². The van der Waals surface area contributed by atoms with E-state index >= 15 is 0 Å². The molecule has 0 rings (SSSR count). The van der Waals surface area contributed by atoms with Gasteiger partial charge in [-0.1, -0.05) is 0 Å². The Kier molecular flexibility index (Phi) is 5.12. The van der Waals surface area contributed by atoms with Crippen LogP contribution < -0.4 is 0 Å². The van der Waals surface area contributed by atoms with Crippen LogP contribution in [0.1, 0.15) is 0 Å². The molecule has 0 aliphatic rings. The van der Waals surface area contributed by atoms with Gasteiger partial charge in [0.05, 0.1) is 14.2 Å². The largest absolute Gasteiger partial charge is 0.758 e. The lowest BCUT2D eigenvalue weighted by Gasteiger charge is -2.33. The summed E-state index contributed by atoms with van der Waals surface area (Å²) in [6.07, 6.45) is 0. The van der Waals surface area contributed by atoms with Crippen molar-refractivity contribution >= 4 is 8.88 Å². The van der Waals surface area contributed by atoms with Crippen molar-refractivity contribution in [2.75, 3.05) is 14.2 Å². The van der Waals surface area contributed by atoms with Gasteiger partial charge < -0.3 is 20.1 Å². The quantitative estimate of drug-likeness (QED) is 0.426. The summed E-state index contributed by atoms with van der Waals surface area (Å²) in [4.78, 5) is 8.43. The molecule has 0 aliphatic carbocycles. The summed E-state index contributed by atoms with van der Waals surface area (Å²) in [5.41, 5.74) is 0. The topological polar surface area (TPSA) is 71.1 Å². The lowest BCUT2D eigenvalue weighted by Crippen LogP contribution is -2.11. The minimum absolute atomic E-state index is 0.122. The minimum atomic E-state index is -0.709. The molecule has 0 aromatic rings. The summed E-state index contributed by atoms with van der Waals surface area (Å²) < 4.78 is 0. The summed E-state index contributed by atoms with van der Waals surface area (Å²) in [5, 5.41) is 20.3. The van der Waals surface area contributed by atoms with Crippen LogP contribution in [0.5, 0.6) is 0 Å². The van der Waals surface area contributed by atoms with Gasteiger partial charge in [-0.05, 0) is 0 Å². The van der Waals surface area contributed by atoms with E-state index in [0.717, 1.165) is 0 Å². The summed E-state index contributed by atoms with van der Waals surface area (Å²) in [7, 11) is 1.63. The van der Waals surface area contributed by atoms with Crippen LogP contribution in [0.4, 0.5) is 0 Å². The van der Waals surface area contributed by atoms with Crippen LogP contribution in [-0.2, 0) is 9.68 Å². The lowest BCUT2D eigenvalue weighted by atomic mass is 11.7. The third-order valence-corrected chi connectivity index (χ3v) is 1.19. The molecule has 56 valence electrons. The van der Waals surface area contributed by atoms with E-state index in [9.17, 15) is 10.4 Å². The van der Waals surface area contributed by atoms with Crippen LogP contribution in [-0.4, -0.2) is 24.2 Å². The molecule has 0 radical (unpaired) electrons. The van der Waals surface area contributed by atoms with Crippen molar-refractivity contribution in [1.82, 2.24) is 9.99 Å². The standard InChI is InChI=1S/C2H7N2O4P/c1-7-3(5)9-4(6)8-2/h9H,1-2H3/q-2. The molecular weight excluding hydrogens is 147 g/mol. The van der Waals surface area contributed by atoms with Gasteiger partial charge in [0.15, 0.2) is 0 Å². The summed E-state index contributed by atoms with van der Waals surface area (Å²) in [5.74, 6) is 0. The van der Waals surface area contributed by atoms with Gasteiger partial charge in [0.1, 0.15) is 0 Å². The molecule has 6 nitrogen and oxygen atoms in total. The Morgan fingerprint density at radius 3 is 1.67 bits per heavy atom. The van der Waals surface area contributed by atoms with E-state index in [1.54, 1.807) is 0 Å². The average Bonchev–Trinajstić information content (AvgIpc) is 1.87. The zero-order valence-electron chi connectivity index (χ0n) is 5.03. The van der Waals surface area contributed by atoms with E-state index in [0.29, 0.717) is 0 Å². The predicted molar refractivity (Wildman–Crippen MR) is 32.7 cm³/mol. The third-order valence-electron chi connectivity index (χ3n) is 0.495. The first-order valence-electron chi connectivity index (χ1n) is 1.99. The van der Waals surface area contributed by atoms with Gasteiger partial charge in [-0.25, -0.2) is 9.99 Å². The summed E-state index contributed by atoms with van der Waals surface area (Å²) >= 11 is 0. The molecule has 0 amide bonds. The molecule has 0 N–H and O–H groups in total. The molecule has 0 aromatic carbocycles. The minimum Gasteiger partial charge on any atom is -0.758 e. The first-order chi connectivity index (χ1) is 4.20. The Balaban J connectivity index is 3.22. The fraction of sp³-hybridized carbons (Fsp3) is 1.00. The van der Waals surface area contributed by atoms with E-state index in [2.05, 4.69) is 9.68 Å². The Hall–Kier alpha value is 0.190. The second kappa shape index (κ2) is 5.01. The SMILES string of the molecule is CON([O-])PN([O-])OC. The second-order valence-electron chi connectivity index (χ2n) is 0.979. The molecule has 0 fully saturated rings. The first-order valence-corrected chi connectivity index (χ1v) is 2.89. The Morgan fingerprint density at radius 2 is 1.44 bits per heavy atom. The predicted octanol–water partition coefficient (Wildman–Crippen LogP) is 0.217. The fourth-order valence-electron chi connectivity index (χ4n) is 0.148. The molecule has 0 unspecified atom stereocenters. The van der Waals surface area contributed by atoms with Gasteiger partial charge in [0, 0.05) is 8.88 Å². The van der Waals surface area contributed by atoms with E-state index in [1.165, 1.54) is 14.2 Å². The maximum atomic E-state index is 10.2. The highest BCUT2D eigenvalue weighted by Gasteiger charge is 1.87. The normalized spacial score (nSPS) is 11.3. The highest BCUT2D eigenvalue weighted by molar-refractivity contribution is 7.32. The Labute approximate surface area is 54.3 Å². The van der Waals surface area contributed by atoms with Gasteiger partial charge >= 0.3 is 0 Å². The van der Waals surface area contributed by atoms with Gasteiger partial charge in [-0.3, -0.25) is 0 Å². The molecule has 0 aliphatic heterocycles. The van der Waals surface area contributed by atoms with Crippen LogP contribution in [0.25, 0.3) is 0 Å². The average molecular weight is 154 g/mol. The molecule has 0 heterocycles. The highest BCUT2D eigenvalue weighted by Crippen LogP contribution is 2.19. The van der Waals surface area contributed by atoms with Crippen molar-refractivity contribution in [2.45, 2.75) is 0 Å². The zero-order chi connectivity index (χ0) is 7.28. The summed E-state index contributed by atoms with van der Waals surface area (Å²) in [6.45, 7) is 0. The maximum Gasteiger partial charge on any atom is 0.0567 e. The van der Waals surface area contributed by atoms with E-state index < -0.39 is 8.88 Å². The number of nitrogens with zero attached hydrogens (tertiary/aromatic N) is 2. The van der Waals surface area contributed by atoms with Crippen LogP contribution >= 0.6 is 8.88 Å². The molecule has 9 heavy (non-hydrogen) atoms. The van der Waals surface area contributed by atoms with E-state index in [4.69, 9.17) is 0 Å². The molecule has 0 bridgehead atoms. The lowest BCUT2D eigenvalue weighted by molar-refractivity contribution is -0.0412. The second-order valence-corrected chi connectivity index (χ2v) is 1.91. The first kappa shape index (κ1) is 9.19. The Morgan fingerprint density at radius 1 is 1.11 bits per heavy atom. The zero-order valence-corrected chi connectivity index (χ0v) is 6.03. The Bertz CT molecular complexity index is 65.6. The van der Waals surface area contributed by atoms with Crippen LogP contribution in [0.2, 0.25) is 0 Å². The van der Waals surface area contributed by atoms with Crippen LogP contribution in [0.3, 0.4) is 0 Å². The van der Waals surface area contributed by atoms with E-state index in [1.807, 2.05) is 0 Å². The van der Waals surface area contributed by atoms with Crippen LogP contribution in [0, 0.1) is 10.4 Å². The third kappa shape index (κ3) is 4.68. The maximum absolute atomic E-state index is 10.2. The smallest absolute Gasteiger partial charge is 0.0567 e. The number of hydrogen-bond acceptors (Lipinski definition) is 6. The summed E-state index contributed by atoms with van der Waals surface area (Å²) in [6, 6.07) is 0. The fourth-order valence-corrected chi connectivity index (χ4v) is 0.445. The molecular formula is C2H7N2O4P-2. The van der Waals surface area contributed by atoms with Crippen molar-refractivity contribution < 1.29 is 9.68 Å². The van der Waals surface area contributed by atoms with Crippen molar-refractivity contribution in [3.8, 4) is 0 Å². The molecule has 0 saturated heterocycles. The van der Waals surface area contributed by atoms with Crippen molar-refractivity contribution in [1.29, 1.82) is 0 Å². The molecule has 0 atom stereocenters. The molecule has 0 spiro atoms. The van der Waals surface area contributed by atoms with Gasteiger partial charge in [0.2, 0.25) is 0 Å². The van der Waals surface area contributed by atoms with Gasteiger partial charge in [-0.15, -0.1) is 0 Å². The van der Waals surface area contributed by atoms with E-state index in [-0.39, 0.29) is 9.99 Å². The van der Waals surface area contributed by atoms with Crippen LogP contribution in [0.15, 0.2) is 0 Å². The van der Waals surface area contributed by atoms with Crippen molar-refractivity contribution in [3.63, 3.8) is 0 Å². The molecule has 0 saturated carbocycles. The van der Waals surface area contributed by atoms with Gasteiger partial charge in [-0.2, -0.15) is 0 Å². The highest BCUT2D eigenvalue weighted by atomic mass is 31.1. The van der Waals surface area contributed by atoms with Crippen molar-refractivity contribution in [2.24, 2.45) is 0 Å². The molecule has 0 aromatic heterocycles.